The van der Waals surface area contributed by atoms with Crippen LogP contribution < -0.4 is 5.32 Å². The van der Waals surface area contributed by atoms with Crippen molar-refractivity contribution in [3.63, 3.8) is 0 Å². The van der Waals surface area contributed by atoms with Crippen molar-refractivity contribution in [2.24, 2.45) is 0 Å². The van der Waals surface area contributed by atoms with E-state index in [2.05, 4.69) is 11.4 Å². The van der Waals surface area contributed by atoms with Gasteiger partial charge in [-0.3, -0.25) is 0 Å². The molecular weight excluding hydrogens is 239 g/mol. The highest BCUT2D eigenvalue weighted by Crippen LogP contribution is 2.33. The topological polar surface area (TPSA) is 35.8 Å². The Morgan fingerprint density at radius 2 is 1.58 bits per heavy atom. The Labute approximate surface area is 111 Å². The third-order valence-corrected chi connectivity index (χ3v) is 3.56. The Morgan fingerprint density at radius 1 is 1.00 bits per heavy atom. The van der Waals surface area contributed by atoms with E-state index in [-0.39, 0.29) is 5.82 Å². The molecule has 0 spiro atoms. The third kappa shape index (κ3) is 2.06. The van der Waals surface area contributed by atoms with E-state index in [4.69, 9.17) is 0 Å². The van der Waals surface area contributed by atoms with Crippen LogP contribution in [0.15, 0.2) is 48.5 Å². The zero-order chi connectivity index (χ0) is 13.3. The summed E-state index contributed by atoms with van der Waals surface area (Å²) in [6.45, 7) is 0. The summed E-state index contributed by atoms with van der Waals surface area (Å²) in [4.78, 5) is 0. The maximum atomic E-state index is 13.7. The van der Waals surface area contributed by atoms with Gasteiger partial charge in [0.2, 0.25) is 0 Å². The number of nitrogens with zero attached hydrogens (tertiary/aromatic N) is 1. The maximum absolute atomic E-state index is 13.7. The number of anilines is 1. The van der Waals surface area contributed by atoms with Crippen LogP contribution in [-0.2, 0) is 12.8 Å². The molecule has 3 rings (SSSR count). The molecule has 0 amide bonds. The second-order valence-corrected chi connectivity index (χ2v) is 4.92. The molecule has 0 saturated carbocycles. The van der Waals surface area contributed by atoms with Crippen LogP contribution in [0.25, 0.3) is 0 Å². The fourth-order valence-electron chi connectivity index (χ4n) is 2.63. The van der Waals surface area contributed by atoms with Crippen LogP contribution in [0, 0.1) is 17.1 Å². The van der Waals surface area contributed by atoms with Gasteiger partial charge in [0.1, 0.15) is 11.4 Å². The summed E-state index contributed by atoms with van der Waals surface area (Å²) in [5.74, 6) is -0.326. The maximum Gasteiger partial charge on any atom is 0.146 e. The molecule has 3 heteroatoms. The molecule has 2 nitrogen and oxygen atoms in total. The van der Waals surface area contributed by atoms with Crippen LogP contribution in [0.4, 0.5) is 10.1 Å². The van der Waals surface area contributed by atoms with Crippen LogP contribution in [0.1, 0.15) is 11.1 Å². The quantitative estimate of drug-likeness (QED) is 0.890. The molecule has 19 heavy (non-hydrogen) atoms. The van der Waals surface area contributed by atoms with Gasteiger partial charge in [-0.2, -0.15) is 5.26 Å². The van der Waals surface area contributed by atoms with Crippen LogP contribution in [0.3, 0.4) is 0 Å². The van der Waals surface area contributed by atoms with Gasteiger partial charge in [-0.05, 0) is 23.3 Å². The Hall–Kier alpha value is -2.34. The molecular formula is C16H13FN2. The minimum atomic E-state index is -0.744. The molecule has 1 aliphatic carbocycles. The first kappa shape index (κ1) is 11.7. The highest BCUT2D eigenvalue weighted by atomic mass is 19.1. The lowest BCUT2D eigenvalue weighted by atomic mass is 9.97. The van der Waals surface area contributed by atoms with Crippen LogP contribution >= 0.6 is 0 Å². The number of hydrogen-bond acceptors (Lipinski definition) is 2. The Kier molecular flexibility index (Phi) is 2.72. The van der Waals surface area contributed by atoms with Crippen molar-refractivity contribution in [2.45, 2.75) is 18.4 Å². The number of para-hydroxylation sites is 1. The molecule has 0 radical (unpaired) electrons. The number of nitriles is 1. The molecule has 0 aromatic heterocycles. The zero-order valence-corrected chi connectivity index (χ0v) is 10.4. The summed E-state index contributed by atoms with van der Waals surface area (Å²) >= 11 is 0. The fraction of sp³-hybridized carbons (Fsp3) is 0.188. The number of rotatable bonds is 2. The molecule has 0 unspecified atom stereocenters. The molecule has 0 heterocycles. The van der Waals surface area contributed by atoms with E-state index in [0.29, 0.717) is 18.5 Å². The van der Waals surface area contributed by atoms with E-state index >= 15 is 0 Å². The Morgan fingerprint density at radius 3 is 2.16 bits per heavy atom. The van der Waals surface area contributed by atoms with Crippen LogP contribution in [0.5, 0.6) is 0 Å². The van der Waals surface area contributed by atoms with Crippen molar-refractivity contribution >= 4 is 5.69 Å². The first-order valence-corrected chi connectivity index (χ1v) is 6.23. The number of hydrogen-bond donors (Lipinski definition) is 1. The first-order chi connectivity index (χ1) is 9.22. The van der Waals surface area contributed by atoms with Gasteiger partial charge in [-0.15, -0.1) is 0 Å². The zero-order valence-electron chi connectivity index (χ0n) is 10.4. The number of fused-ring (bicyclic) bond motifs is 1. The van der Waals surface area contributed by atoms with E-state index in [1.54, 1.807) is 18.2 Å². The molecule has 0 bridgehead atoms. The molecule has 0 saturated heterocycles. The molecule has 0 fully saturated rings. The van der Waals surface area contributed by atoms with Crippen LogP contribution in [0.2, 0.25) is 0 Å². The summed E-state index contributed by atoms with van der Waals surface area (Å²) in [5.41, 5.74) is 1.96. The van der Waals surface area contributed by atoms with Gasteiger partial charge in [0.05, 0.1) is 11.8 Å². The van der Waals surface area contributed by atoms with Gasteiger partial charge < -0.3 is 5.32 Å². The summed E-state index contributed by atoms with van der Waals surface area (Å²) < 4.78 is 13.7. The Balaban J connectivity index is 1.92. The molecule has 2 aromatic carbocycles. The number of benzene rings is 2. The molecule has 1 aliphatic rings. The standard InChI is InChI=1S/C16H13FN2/c17-14-7-3-4-8-15(14)19-16(11-18)9-12-5-1-2-6-13(12)10-16/h1-8,19H,9-10H2. The van der Waals surface area contributed by atoms with Crippen molar-refractivity contribution in [1.29, 1.82) is 5.26 Å². The van der Waals surface area contributed by atoms with Gasteiger partial charge in [0, 0.05) is 12.8 Å². The highest BCUT2D eigenvalue weighted by molar-refractivity contribution is 5.53. The summed E-state index contributed by atoms with van der Waals surface area (Å²) in [6, 6.07) is 16.8. The van der Waals surface area contributed by atoms with Gasteiger partial charge in [-0.1, -0.05) is 36.4 Å². The summed E-state index contributed by atoms with van der Waals surface area (Å²) in [7, 11) is 0. The predicted molar refractivity (Wildman–Crippen MR) is 72.2 cm³/mol. The van der Waals surface area contributed by atoms with Gasteiger partial charge in [0.15, 0.2) is 0 Å². The third-order valence-electron chi connectivity index (χ3n) is 3.56. The molecule has 2 aromatic rings. The minimum absolute atomic E-state index is 0.326. The lowest BCUT2D eigenvalue weighted by Gasteiger charge is -2.23. The van der Waals surface area contributed by atoms with Crippen molar-refractivity contribution in [2.75, 3.05) is 5.32 Å². The minimum Gasteiger partial charge on any atom is -0.364 e. The molecule has 94 valence electrons. The summed E-state index contributed by atoms with van der Waals surface area (Å²) in [6.07, 6.45) is 1.21. The van der Waals surface area contributed by atoms with Gasteiger partial charge in [-0.25, -0.2) is 4.39 Å². The second kappa shape index (κ2) is 4.40. The lowest BCUT2D eigenvalue weighted by molar-refractivity contribution is 0.596. The van der Waals surface area contributed by atoms with Gasteiger partial charge >= 0.3 is 0 Å². The normalized spacial score (nSPS) is 15.6. The van der Waals surface area contributed by atoms with Gasteiger partial charge in [0.25, 0.3) is 0 Å². The van der Waals surface area contributed by atoms with Crippen molar-refractivity contribution in [3.8, 4) is 6.07 Å². The SMILES string of the molecule is N#CC1(Nc2ccccc2F)Cc2ccccc2C1. The van der Waals surface area contributed by atoms with E-state index in [0.717, 1.165) is 11.1 Å². The molecule has 0 aliphatic heterocycles. The first-order valence-electron chi connectivity index (χ1n) is 6.23. The van der Waals surface area contributed by atoms with E-state index in [9.17, 15) is 9.65 Å². The Bertz CT molecular complexity index is 633. The predicted octanol–water partition coefficient (Wildman–Crippen LogP) is 3.30. The largest absolute Gasteiger partial charge is 0.364 e. The van der Waals surface area contributed by atoms with Crippen LogP contribution in [-0.4, -0.2) is 5.54 Å². The molecule has 1 N–H and O–H groups in total. The summed E-state index contributed by atoms with van der Waals surface area (Å²) in [5, 5.41) is 12.6. The van der Waals surface area contributed by atoms with Crippen molar-refractivity contribution in [1.82, 2.24) is 0 Å². The van der Waals surface area contributed by atoms with E-state index in [1.165, 1.54) is 6.07 Å². The molecule has 0 atom stereocenters. The van der Waals surface area contributed by atoms with E-state index in [1.807, 2.05) is 24.3 Å². The average Bonchev–Trinajstić information content (AvgIpc) is 2.80. The van der Waals surface area contributed by atoms with Crippen molar-refractivity contribution in [3.05, 3.63) is 65.5 Å². The fourth-order valence-corrected chi connectivity index (χ4v) is 2.63. The lowest BCUT2D eigenvalue weighted by Crippen LogP contribution is -2.37. The highest BCUT2D eigenvalue weighted by Gasteiger charge is 2.37. The average molecular weight is 252 g/mol. The number of halogens is 1. The van der Waals surface area contributed by atoms with Crippen molar-refractivity contribution < 1.29 is 4.39 Å². The smallest absolute Gasteiger partial charge is 0.146 e. The second-order valence-electron chi connectivity index (χ2n) is 4.92. The van der Waals surface area contributed by atoms with E-state index < -0.39 is 5.54 Å². The number of nitrogens with one attached hydrogen (secondary N) is 1. The monoisotopic (exact) mass is 252 g/mol.